The van der Waals surface area contributed by atoms with Gasteiger partial charge in [-0.2, -0.15) is 0 Å². The van der Waals surface area contributed by atoms with Crippen molar-refractivity contribution in [2.75, 3.05) is 13.2 Å². The van der Waals surface area contributed by atoms with Gasteiger partial charge in [0.25, 0.3) is 0 Å². The lowest BCUT2D eigenvalue weighted by Gasteiger charge is -2.14. The van der Waals surface area contributed by atoms with Crippen LogP contribution in [0.4, 0.5) is 0 Å². The second-order valence-corrected chi connectivity index (χ2v) is 4.85. The Labute approximate surface area is 119 Å². The van der Waals surface area contributed by atoms with Crippen LogP contribution in [0.25, 0.3) is 0 Å². The molecule has 20 heavy (non-hydrogen) atoms. The molecule has 0 radical (unpaired) electrons. The summed E-state index contributed by atoms with van der Waals surface area (Å²) in [5.74, 6) is 5.45. The molecule has 1 heterocycles. The number of nitrogens with one attached hydrogen (secondary N) is 1. The number of aliphatic hydroxyl groups excluding tert-OH is 1. The van der Waals surface area contributed by atoms with E-state index in [1.54, 1.807) is 0 Å². The van der Waals surface area contributed by atoms with Crippen LogP contribution in [0.5, 0.6) is 0 Å². The van der Waals surface area contributed by atoms with Crippen molar-refractivity contribution in [3.05, 3.63) is 35.4 Å². The SMILES string of the molecule is CC1OCCC1C(=O)NCc1ccc(C#CCO)cc1. The molecule has 1 aliphatic heterocycles. The van der Waals surface area contributed by atoms with E-state index >= 15 is 0 Å². The molecule has 0 bridgehead atoms. The van der Waals surface area contributed by atoms with E-state index in [9.17, 15) is 4.79 Å². The Morgan fingerprint density at radius 2 is 2.20 bits per heavy atom. The number of amides is 1. The van der Waals surface area contributed by atoms with Crippen LogP contribution >= 0.6 is 0 Å². The van der Waals surface area contributed by atoms with Crippen molar-refractivity contribution in [2.45, 2.75) is 26.0 Å². The number of hydrogen-bond acceptors (Lipinski definition) is 3. The fraction of sp³-hybridized carbons (Fsp3) is 0.438. The maximum absolute atomic E-state index is 12.0. The average molecular weight is 273 g/mol. The van der Waals surface area contributed by atoms with Gasteiger partial charge in [0.15, 0.2) is 0 Å². The molecule has 0 aromatic heterocycles. The predicted octanol–water partition coefficient (Wildman–Crippen LogP) is 1.07. The molecule has 4 nitrogen and oxygen atoms in total. The van der Waals surface area contributed by atoms with Crippen LogP contribution in [-0.4, -0.2) is 30.3 Å². The predicted molar refractivity (Wildman–Crippen MR) is 75.8 cm³/mol. The van der Waals surface area contributed by atoms with Crippen molar-refractivity contribution in [1.29, 1.82) is 0 Å². The third kappa shape index (κ3) is 3.83. The van der Waals surface area contributed by atoms with E-state index in [4.69, 9.17) is 9.84 Å². The van der Waals surface area contributed by atoms with Crippen LogP contribution in [0.1, 0.15) is 24.5 Å². The second kappa shape index (κ2) is 7.09. The van der Waals surface area contributed by atoms with Gasteiger partial charge in [0.2, 0.25) is 5.91 Å². The van der Waals surface area contributed by atoms with Crippen LogP contribution in [0, 0.1) is 17.8 Å². The highest BCUT2D eigenvalue weighted by Gasteiger charge is 2.30. The van der Waals surface area contributed by atoms with Crippen molar-refractivity contribution in [3.8, 4) is 11.8 Å². The Morgan fingerprint density at radius 3 is 2.80 bits per heavy atom. The molecule has 0 saturated carbocycles. The van der Waals surface area contributed by atoms with Crippen LogP contribution in [0.15, 0.2) is 24.3 Å². The van der Waals surface area contributed by atoms with Gasteiger partial charge in [-0.25, -0.2) is 0 Å². The third-order valence-corrected chi connectivity index (χ3v) is 3.45. The van der Waals surface area contributed by atoms with Crippen molar-refractivity contribution >= 4 is 5.91 Å². The zero-order valence-electron chi connectivity index (χ0n) is 11.6. The molecule has 2 unspecified atom stereocenters. The number of rotatable bonds is 3. The molecule has 1 aromatic rings. The second-order valence-electron chi connectivity index (χ2n) is 4.85. The van der Waals surface area contributed by atoms with Gasteiger partial charge in [-0.15, -0.1) is 0 Å². The smallest absolute Gasteiger partial charge is 0.226 e. The Balaban J connectivity index is 1.86. The van der Waals surface area contributed by atoms with Crippen molar-refractivity contribution < 1.29 is 14.6 Å². The Morgan fingerprint density at radius 1 is 1.45 bits per heavy atom. The lowest BCUT2D eigenvalue weighted by molar-refractivity contribution is -0.126. The van der Waals surface area contributed by atoms with E-state index in [0.717, 1.165) is 17.5 Å². The van der Waals surface area contributed by atoms with Crippen molar-refractivity contribution in [3.63, 3.8) is 0 Å². The average Bonchev–Trinajstić information content (AvgIpc) is 2.90. The monoisotopic (exact) mass is 273 g/mol. The molecule has 2 N–H and O–H groups in total. The Hall–Kier alpha value is -1.83. The number of benzene rings is 1. The number of carbonyl (C=O) groups excluding carboxylic acids is 1. The summed E-state index contributed by atoms with van der Waals surface area (Å²) in [7, 11) is 0. The fourth-order valence-corrected chi connectivity index (χ4v) is 2.24. The summed E-state index contributed by atoms with van der Waals surface area (Å²) in [5.41, 5.74) is 1.88. The minimum Gasteiger partial charge on any atom is -0.384 e. The van der Waals surface area contributed by atoms with Gasteiger partial charge in [-0.05, 0) is 31.0 Å². The normalized spacial score (nSPS) is 21.1. The number of aliphatic hydroxyl groups is 1. The number of ether oxygens (including phenoxy) is 1. The molecule has 1 saturated heterocycles. The van der Waals surface area contributed by atoms with Crippen LogP contribution in [0.3, 0.4) is 0 Å². The lowest BCUT2D eigenvalue weighted by Crippen LogP contribution is -2.33. The summed E-state index contributed by atoms with van der Waals surface area (Å²) in [5, 5.41) is 11.6. The largest absolute Gasteiger partial charge is 0.384 e. The topological polar surface area (TPSA) is 58.6 Å². The molecule has 2 rings (SSSR count). The van der Waals surface area contributed by atoms with E-state index < -0.39 is 0 Å². The molecule has 1 fully saturated rings. The van der Waals surface area contributed by atoms with Gasteiger partial charge in [-0.1, -0.05) is 24.0 Å². The number of carbonyl (C=O) groups is 1. The van der Waals surface area contributed by atoms with Crippen molar-refractivity contribution in [2.24, 2.45) is 5.92 Å². The van der Waals surface area contributed by atoms with Gasteiger partial charge in [-0.3, -0.25) is 4.79 Å². The van der Waals surface area contributed by atoms with E-state index in [0.29, 0.717) is 13.2 Å². The Kier molecular flexibility index (Phi) is 5.16. The van der Waals surface area contributed by atoms with Gasteiger partial charge in [0, 0.05) is 18.7 Å². The summed E-state index contributed by atoms with van der Waals surface area (Å²) < 4.78 is 5.40. The van der Waals surface area contributed by atoms with Gasteiger partial charge < -0.3 is 15.2 Å². The maximum atomic E-state index is 12.0. The first-order valence-electron chi connectivity index (χ1n) is 6.78. The zero-order chi connectivity index (χ0) is 14.4. The van der Waals surface area contributed by atoms with Gasteiger partial charge in [0.05, 0.1) is 12.0 Å². The Bertz CT molecular complexity index is 513. The molecule has 106 valence electrons. The molecule has 1 aromatic carbocycles. The summed E-state index contributed by atoms with van der Waals surface area (Å²) in [6.07, 6.45) is 0.800. The summed E-state index contributed by atoms with van der Waals surface area (Å²) >= 11 is 0. The highest BCUT2D eigenvalue weighted by atomic mass is 16.5. The molecule has 2 atom stereocenters. The fourth-order valence-electron chi connectivity index (χ4n) is 2.24. The molecule has 0 aliphatic carbocycles. The first-order valence-corrected chi connectivity index (χ1v) is 6.78. The van der Waals surface area contributed by atoms with E-state index in [2.05, 4.69) is 17.2 Å². The molecular formula is C16H19NO3. The van der Waals surface area contributed by atoms with Gasteiger partial charge in [0.1, 0.15) is 6.61 Å². The van der Waals surface area contributed by atoms with Crippen LogP contribution < -0.4 is 5.32 Å². The molecule has 0 spiro atoms. The number of hydrogen-bond donors (Lipinski definition) is 2. The standard InChI is InChI=1S/C16H19NO3/c1-12-15(8-10-20-12)16(19)17-11-14-6-4-13(5-7-14)3-2-9-18/h4-7,12,15,18H,8-11H2,1H3,(H,17,19). The van der Waals surface area contributed by atoms with E-state index in [-0.39, 0.29) is 24.5 Å². The highest BCUT2D eigenvalue weighted by Crippen LogP contribution is 2.20. The molecule has 4 heteroatoms. The van der Waals surface area contributed by atoms with Crippen LogP contribution in [-0.2, 0) is 16.1 Å². The van der Waals surface area contributed by atoms with E-state index in [1.807, 2.05) is 31.2 Å². The quantitative estimate of drug-likeness (QED) is 0.810. The minimum atomic E-state index is -0.139. The van der Waals surface area contributed by atoms with Crippen LogP contribution in [0.2, 0.25) is 0 Å². The molecular weight excluding hydrogens is 254 g/mol. The zero-order valence-corrected chi connectivity index (χ0v) is 11.6. The first-order chi connectivity index (χ1) is 9.70. The van der Waals surface area contributed by atoms with Gasteiger partial charge >= 0.3 is 0 Å². The third-order valence-electron chi connectivity index (χ3n) is 3.45. The van der Waals surface area contributed by atoms with Crippen molar-refractivity contribution in [1.82, 2.24) is 5.32 Å². The highest BCUT2D eigenvalue weighted by molar-refractivity contribution is 5.79. The summed E-state index contributed by atoms with van der Waals surface area (Å²) in [4.78, 5) is 12.0. The lowest BCUT2D eigenvalue weighted by atomic mass is 10.0. The molecule has 1 aliphatic rings. The summed E-state index contributed by atoms with van der Waals surface area (Å²) in [6, 6.07) is 7.61. The summed E-state index contributed by atoms with van der Waals surface area (Å²) in [6.45, 7) is 2.97. The minimum absolute atomic E-state index is 0.00568. The first kappa shape index (κ1) is 14.6. The molecule has 1 amide bonds. The maximum Gasteiger partial charge on any atom is 0.226 e. The van der Waals surface area contributed by atoms with E-state index in [1.165, 1.54) is 0 Å².